The molecule has 0 rings (SSSR count). The van der Waals surface area contributed by atoms with Crippen LogP contribution in [0.1, 0.15) is 0 Å². The van der Waals surface area contributed by atoms with Gasteiger partial charge in [0.05, 0.1) is 12.7 Å². The molecular weight excluding hydrogens is 117 g/mol. The van der Waals surface area contributed by atoms with Crippen molar-refractivity contribution in [1.82, 2.24) is 5.23 Å². The Balaban J connectivity index is 3.63. The number of hydrogen-bond donors (Lipinski definition) is 3. The number of aliphatic hydroxyl groups excluding tert-OH is 2. The number of rotatable bonds is 4. The Bertz CT molecular complexity index is 85.0. The van der Waals surface area contributed by atoms with E-state index in [4.69, 9.17) is 18.2 Å². The summed E-state index contributed by atoms with van der Waals surface area (Å²) < 4.78 is 0. The molecule has 9 heavy (non-hydrogen) atoms. The van der Waals surface area contributed by atoms with Crippen LogP contribution in [0.15, 0.2) is 12.7 Å². The highest BCUT2D eigenvalue weighted by Gasteiger charge is 2.10. The molecule has 0 saturated carbocycles. The third kappa shape index (κ3) is 2.65. The highest BCUT2D eigenvalue weighted by atomic mass is 16.3. The van der Waals surface area contributed by atoms with Crippen LogP contribution >= 0.6 is 0 Å². The molecule has 3 nitrogen and oxygen atoms in total. The molecule has 0 spiro atoms. The zero-order valence-corrected chi connectivity index (χ0v) is 5.12. The van der Waals surface area contributed by atoms with Crippen molar-refractivity contribution in [3.63, 3.8) is 0 Å². The average Bonchev–Trinajstić information content (AvgIpc) is 1.90. The zero-order valence-electron chi connectivity index (χ0n) is 5.12. The Morgan fingerprint density at radius 1 is 1.78 bits per heavy atom. The zero-order chi connectivity index (χ0) is 7.28. The van der Waals surface area contributed by atoms with Crippen LogP contribution < -0.4 is 5.23 Å². The van der Waals surface area contributed by atoms with Gasteiger partial charge < -0.3 is 15.4 Å². The molecule has 0 unspecified atom stereocenters. The Morgan fingerprint density at radius 2 is 2.33 bits per heavy atom. The van der Waals surface area contributed by atoms with E-state index >= 15 is 0 Å². The van der Waals surface area contributed by atoms with Crippen LogP contribution in [0, 0.1) is 0 Å². The Kier molecular flexibility index (Phi) is 4.39. The lowest BCUT2D eigenvalue weighted by Gasteiger charge is -2.16. The number of hydrogen-bond acceptors (Lipinski definition) is 3. The smallest absolute Gasteiger partial charge is 0.178 e. The molecule has 0 aromatic heterocycles. The average molecular weight is 127 g/mol. The molecular formula is C5H10BNO2. The van der Waals surface area contributed by atoms with Gasteiger partial charge in [-0.3, -0.25) is 0 Å². The van der Waals surface area contributed by atoms with Crippen LogP contribution in [-0.2, 0) is 0 Å². The first-order valence-electron chi connectivity index (χ1n) is 2.63. The maximum Gasteiger partial charge on any atom is 0.178 e. The maximum atomic E-state index is 8.90. The van der Waals surface area contributed by atoms with E-state index in [0.29, 0.717) is 0 Å². The van der Waals surface area contributed by atoms with E-state index in [1.54, 1.807) is 0 Å². The van der Waals surface area contributed by atoms with Crippen molar-refractivity contribution in [2.45, 2.75) is 12.1 Å². The summed E-state index contributed by atoms with van der Waals surface area (Å²) in [5.74, 6) is 0. The van der Waals surface area contributed by atoms with Crippen LogP contribution in [0.3, 0.4) is 0 Å². The van der Waals surface area contributed by atoms with E-state index in [1.807, 2.05) is 0 Å². The molecule has 50 valence electrons. The second-order valence-electron chi connectivity index (χ2n) is 1.68. The minimum Gasteiger partial charge on any atom is -0.395 e. The van der Waals surface area contributed by atoms with Crippen LogP contribution in [0.25, 0.3) is 0 Å². The van der Waals surface area contributed by atoms with Crippen LogP contribution in [0.2, 0.25) is 0 Å². The minimum atomic E-state index is -0.792. The van der Waals surface area contributed by atoms with Gasteiger partial charge in [0.25, 0.3) is 0 Å². The summed E-state index contributed by atoms with van der Waals surface area (Å²) in [4.78, 5) is 0. The summed E-state index contributed by atoms with van der Waals surface area (Å²) in [6, 6.07) is -0.512. The van der Waals surface area contributed by atoms with E-state index in [9.17, 15) is 0 Å². The fourth-order valence-electron chi connectivity index (χ4n) is 0.424. The minimum absolute atomic E-state index is 0.205. The number of nitrogens with one attached hydrogen (secondary N) is 1. The second kappa shape index (κ2) is 4.55. The molecule has 3 N–H and O–H groups in total. The largest absolute Gasteiger partial charge is 0.395 e. The first kappa shape index (κ1) is 8.68. The van der Waals surface area contributed by atoms with E-state index < -0.39 is 12.1 Å². The van der Waals surface area contributed by atoms with Crippen LogP contribution in [0.4, 0.5) is 0 Å². The molecule has 0 aliphatic heterocycles. The number of aliphatic hydroxyl groups is 2. The van der Waals surface area contributed by atoms with Crippen molar-refractivity contribution in [3.8, 4) is 0 Å². The molecule has 0 amide bonds. The van der Waals surface area contributed by atoms with Gasteiger partial charge in [0, 0.05) is 6.04 Å². The van der Waals surface area contributed by atoms with E-state index in [1.165, 1.54) is 6.08 Å². The molecule has 0 bridgehead atoms. The molecule has 0 aliphatic carbocycles. The van der Waals surface area contributed by atoms with Crippen molar-refractivity contribution >= 4 is 7.98 Å². The fourth-order valence-corrected chi connectivity index (χ4v) is 0.424. The van der Waals surface area contributed by atoms with Crippen molar-refractivity contribution < 1.29 is 10.2 Å². The lowest BCUT2D eigenvalue weighted by molar-refractivity contribution is 0.136. The third-order valence-electron chi connectivity index (χ3n) is 1.06. The summed E-state index contributed by atoms with van der Waals surface area (Å²) in [6.07, 6.45) is 0.515. The van der Waals surface area contributed by atoms with Gasteiger partial charge in [0.15, 0.2) is 7.98 Å². The summed E-state index contributed by atoms with van der Waals surface area (Å²) in [6.45, 7) is 3.12. The maximum absolute atomic E-state index is 8.90. The highest BCUT2D eigenvalue weighted by molar-refractivity contribution is 6.04. The predicted octanol–water partition coefficient (Wildman–Crippen LogP) is -1.43. The van der Waals surface area contributed by atoms with Gasteiger partial charge in [-0.05, 0) is 0 Å². The van der Waals surface area contributed by atoms with Crippen molar-refractivity contribution in [2.24, 2.45) is 0 Å². The van der Waals surface area contributed by atoms with Gasteiger partial charge >= 0.3 is 0 Å². The fraction of sp³-hybridized carbons (Fsp3) is 0.600. The van der Waals surface area contributed by atoms with Crippen molar-refractivity contribution in [2.75, 3.05) is 6.61 Å². The first-order valence-corrected chi connectivity index (χ1v) is 2.63. The molecule has 0 aromatic rings. The molecule has 4 heteroatoms. The standard InChI is InChI=1S/C5H10BNO2/c1-2-5(9)4(3-8)7-6/h2,4-5,7-9H,1,3H2/t4-,5+/m0/s1. The van der Waals surface area contributed by atoms with Crippen LogP contribution in [-0.4, -0.2) is 36.9 Å². The van der Waals surface area contributed by atoms with Gasteiger partial charge in [-0.1, -0.05) is 6.08 Å². The van der Waals surface area contributed by atoms with Gasteiger partial charge in [-0.2, -0.15) is 0 Å². The van der Waals surface area contributed by atoms with Crippen LogP contribution in [0.5, 0.6) is 0 Å². The topological polar surface area (TPSA) is 52.5 Å². The lowest BCUT2D eigenvalue weighted by Crippen LogP contribution is -2.40. The van der Waals surface area contributed by atoms with Crippen molar-refractivity contribution in [1.29, 1.82) is 0 Å². The Labute approximate surface area is 55.8 Å². The quantitative estimate of drug-likeness (QED) is 0.320. The molecule has 0 fully saturated rings. The molecule has 0 aromatic carbocycles. The van der Waals surface area contributed by atoms with Gasteiger partial charge in [0.1, 0.15) is 0 Å². The Hall–Kier alpha value is -0.315. The predicted molar refractivity (Wildman–Crippen MR) is 36.0 cm³/mol. The van der Waals surface area contributed by atoms with Gasteiger partial charge in [0.2, 0.25) is 0 Å². The highest BCUT2D eigenvalue weighted by Crippen LogP contribution is 1.90. The van der Waals surface area contributed by atoms with E-state index in [0.717, 1.165) is 0 Å². The monoisotopic (exact) mass is 127 g/mol. The third-order valence-corrected chi connectivity index (χ3v) is 1.06. The van der Waals surface area contributed by atoms with E-state index in [-0.39, 0.29) is 6.61 Å². The molecule has 2 radical (unpaired) electrons. The molecule has 0 saturated heterocycles. The second-order valence-corrected chi connectivity index (χ2v) is 1.68. The summed E-state index contributed by atoms with van der Waals surface area (Å²) >= 11 is 0. The first-order chi connectivity index (χ1) is 4.26. The summed E-state index contributed by atoms with van der Waals surface area (Å²) in [5, 5.41) is 19.6. The van der Waals surface area contributed by atoms with Gasteiger partial charge in [-0.15, -0.1) is 6.58 Å². The normalized spacial score (nSPS) is 16.7. The summed E-state index contributed by atoms with van der Waals surface area (Å²) in [7, 11) is 4.94. The molecule has 2 atom stereocenters. The molecule has 0 heterocycles. The van der Waals surface area contributed by atoms with E-state index in [2.05, 4.69) is 11.8 Å². The molecule has 0 aliphatic rings. The lowest BCUT2D eigenvalue weighted by atomic mass is 10.1. The SMILES string of the molecule is [B]N[C@@H](CO)[C@H](O)C=C. The Morgan fingerprint density at radius 3 is 2.44 bits per heavy atom. The summed E-state index contributed by atoms with van der Waals surface area (Å²) in [5.41, 5.74) is 0. The van der Waals surface area contributed by atoms with Crippen molar-refractivity contribution in [3.05, 3.63) is 12.7 Å². The van der Waals surface area contributed by atoms with Gasteiger partial charge in [-0.25, -0.2) is 0 Å².